The average Bonchev–Trinajstić information content (AvgIpc) is 2.58. The third-order valence-electron chi connectivity index (χ3n) is 5.23. The lowest BCUT2D eigenvalue weighted by molar-refractivity contribution is -0.145. The zero-order valence-electron chi connectivity index (χ0n) is 15.7. The van der Waals surface area contributed by atoms with Gasteiger partial charge in [0, 0.05) is 18.8 Å². The van der Waals surface area contributed by atoms with E-state index in [1.165, 1.54) is 0 Å². The Bertz CT molecular complexity index is 874. The number of ketones is 3. The molecule has 2 aromatic carbocycles. The van der Waals surface area contributed by atoms with Crippen LogP contribution in [-0.2, 0) is 14.4 Å². The van der Waals surface area contributed by atoms with Gasteiger partial charge in [0.1, 0.15) is 11.7 Å². The first kappa shape index (κ1) is 18.3. The number of carbonyl (C=O) groups excluding carboxylic acids is 3. The highest BCUT2D eigenvalue weighted by Gasteiger charge is 2.44. The molecule has 0 aliphatic heterocycles. The first-order valence-corrected chi connectivity index (χ1v) is 8.89. The van der Waals surface area contributed by atoms with Crippen LogP contribution in [0.4, 0.5) is 0 Å². The summed E-state index contributed by atoms with van der Waals surface area (Å²) in [5, 5.41) is 2.00. The van der Waals surface area contributed by atoms with E-state index in [0.29, 0.717) is 0 Å². The van der Waals surface area contributed by atoms with Gasteiger partial charge in [0.15, 0.2) is 17.3 Å². The predicted octanol–water partition coefficient (Wildman–Crippen LogP) is 4.10. The molecule has 1 saturated carbocycles. The summed E-state index contributed by atoms with van der Waals surface area (Å²) in [5.74, 6) is -1.61. The van der Waals surface area contributed by atoms with Crippen LogP contribution >= 0.6 is 0 Å². The molecule has 0 unspecified atom stereocenters. The number of ether oxygens (including phenoxy) is 1. The van der Waals surface area contributed by atoms with Gasteiger partial charge in [-0.1, -0.05) is 45.0 Å². The number of hydrogen-bond donors (Lipinski definition) is 0. The van der Waals surface area contributed by atoms with Crippen molar-refractivity contribution in [2.75, 3.05) is 7.11 Å². The Morgan fingerprint density at radius 3 is 2.23 bits per heavy atom. The second-order valence-corrected chi connectivity index (χ2v) is 7.98. The van der Waals surface area contributed by atoms with Crippen LogP contribution in [0.25, 0.3) is 10.8 Å². The highest BCUT2D eigenvalue weighted by Crippen LogP contribution is 2.36. The van der Waals surface area contributed by atoms with Crippen molar-refractivity contribution < 1.29 is 19.1 Å². The summed E-state index contributed by atoms with van der Waals surface area (Å²) in [7, 11) is 1.62. The Kier molecular flexibility index (Phi) is 4.70. The molecule has 1 fully saturated rings. The molecular weight excluding hydrogens is 328 g/mol. The highest BCUT2D eigenvalue weighted by atomic mass is 16.5. The lowest BCUT2D eigenvalue weighted by atomic mass is 9.68. The molecule has 1 atom stereocenters. The molecule has 0 spiro atoms. The van der Waals surface area contributed by atoms with E-state index in [1.807, 2.05) is 50.2 Å². The molecule has 1 aliphatic rings. The summed E-state index contributed by atoms with van der Waals surface area (Å²) in [6, 6.07) is 11.5. The fourth-order valence-electron chi connectivity index (χ4n) is 3.76. The molecule has 2 aromatic rings. The molecule has 0 amide bonds. The summed E-state index contributed by atoms with van der Waals surface area (Å²) < 4.78 is 5.23. The topological polar surface area (TPSA) is 60.4 Å². The molecule has 0 bridgehead atoms. The Balaban J connectivity index is 1.87. The third kappa shape index (κ3) is 3.41. The quantitative estimate of drug-likeness (QED) is 0.778. The molecule has 0 radical (unpaired) electrons. The highest BCUT2D eigenvalue weighted by molar-refractivity contribution is 6.22. The lowest BCUT2D eigenvalue weighted by Crippen LogP contribution is -2.43. The van der Waals surface area contributed by atoms with Crippen molar-refractivity contribution in [1.29, 1.82) is 0 Å². The van der Waals surface area contributed by atoms with Crippen LogP contribution < -0.4 is 4.74 Å². The van der Waals surface area contributed by atoms with Gasteiger partial charge < -0.3 is 4.74 Å². The zero-order chi connectivity index (χ0) is 19.1. The fraction of sp³-hybridized carbons (Fsp3) is 0.409. The van der Waals surface area contributed by atoms with Gasteiger partial charge in [-0.2, -0.15) is 0 Å². The minimum atomic E-state index is -1.11. The van der Waals surface area contributed by atoms with Crippen LogP contribution in [0.5, 0.6) is 5.75 Å². The van der Waals surface area contributed by atoms with Gasteiger partial charge in [0.2, 0.25) is 0 Å². The van der Waals surface area contributed by atoms with Gasteiger partial charge in [-0.15, -0.1) is 0 Å². The van der Waals surface area contributed by atoms with Crippen molar-refractivity contribution in [3.63, 3.8) is 0 Å². The van der Waals surface area contributed by atoms with E-state index >= 15 is 0 Å². The molecule has 1 aliphatic carbocycles. The molecule has 0 N–H and O–H groups in total. The summed E-state index contributed by atoms with van der Waals surface area (Å²) in [6.07, 6.45) is 0.554. The van der Waals surface area contributed by atoms with Crippen LogP contribution in [0.1, 0.15) is 45.1 Å². The SMILES string of the molecule is COc1ccc2cc([C@H](C)C(=O)C3C(=O)CC(C)(C)CC3=O)ccc2c1. The second-order valence-electron chi connectivity index (χ2n) is 7.98. The molecule has 0 aromatic heterocycles. The second kappa shape index (κ2) is 6.67. The van der Waals surface area contributed by atoms with Crippen LogP contribution in [0, 0.1) is 11.3 Å². The van der Waals surface area contributed by atoms with Gasteiger partial charge in [-0.3, -0.25) is 14.4 Å². The van der Waals surface area contributed by atoms with Crippen LogP contribution in [0.2, 0.25) is 0 Å². The molecule has 4 nitrogen and oxygen atoms in total. The van der Waals surface area contributed by atoms with E-state index in [-0.39, 0.29) is 35.6 Å². The maximum Gasteiger partial charge on any atom is 0.157 e. The maximum absolute atomic E-state index is 12.9. The summed E-state index contributed by atoms with van der Waals surface area (Å²) >= 11 is 0. The molecule has 0 saturated heterocycles. The number of benzene rings is 2. The van der Waals surface area contributed by atoms with E-state index in [0.717, 1.165) is 22.1 Å². The van der Waals surface area contributed by atoms with E-state index in [9.17, 15) is 14.4 Å². The molecule has 3 rings (SSSR count). The number of rotatable bonds is 4. The number of fused-ring (bicyclic) bond motifs is 1. The molecule has 26 heavy (non-hydrogen) atoms. The smallest absolute Gasteiger partial charge is 0.157 e. The van der Waals surface area contributed by atoms with Crippen molar-refractivity contribution in [2.24, 2.45) is 11.3 Å². The molecule has 0 heterocycles. The minimum absolute atomic E-state index is 0.242. The number of Topliss-reactive ketones (excluding diaryl/α,β-unsaturated/α-hetero) is 3. The van der Waals surface area contributed by atoms with Gasteiger partial charge in [-0.25, -0.2) is 0 Å². The molecular formula is C22H24O4. The van der Waals surface area contributed by atoms with Gasteiger partial charge >= 0.3 is 0 Å². The van der Waals surface area contributed by atoms with Crippen molar-refractivity contribution in [3.8, 4) is 5.75 Å². The zero-order valence-corrected chi connectivity index (χ0v) is 15.7. The van der Waals surface area contributed by atoms with E-state index in [2.05, 4.69) is 0 Å². The monoisotopic (exact) mass is 352 g/mol. The Morgan fingerprint density at radius 1 is 1.04 bits per heavy atom. The third-order valence-corrected chi connectivity index (χ3v) is 5.23. The predicted molar refractivity (Wildman–Crippen MR) is 100 cm³/mol. The Labute approximate surface area is 153 Å². The largest absolute Gasteiger partial charge is 0.497 e. The summed E-state index contributed by atoms with van der Waals surface area (Å²) in [4.78, 5) is 37.8. The van der Waals surface area contributed by atoms with Crippen molar-refractivity contribution in [3.05, 3.63) is 42.0 Å². The van der Waals surface area contributed by atoms with Gasteiger partial charge in [0.05, 0.1) is 7.11 Å². The van der Waals surface area contributed by atoms with Crippen molar-refractivity contribution in [1.82, 2.24) is 0 Å². The number of carbonyl (C=O) groups is 3. The maximum atomic E-state index is 12.9. The first-order valence-electron chi connectivity index (χ1n) is 8.89. The lowest BCUT2D eigenvalue weighted by Gasteiger charge is -2.32. The van der Waals surface area contributed by atoms with Crippen LogP contribution in [0.3, 0.4) is 0 Å². The first-order chi connectivity index (χ1) is 12.2. The Hall–Kier alpha value is -2.49. The van der Waals surface area contributed by atoms with E-state index < -0.39 is 11.8 Å². The molecule has 136 valence electrons. The number of methoxy groups -OCH3 is 1. The van der Waals surface area contributed by atoms with Crippen LogP contribution in [0.15, 0.2) is 36.4 Å². The summed E-state index contributed by atoms with van der Waals surface area (Å²) in [6.45, 7) is 5.56. The normalized spacial score (nSPS) is 18.8. The van der Waals surface area contributed by atoms with E-state index in [4.69, 9.17) is 4.74 Å². The van der Waals surface area contributed by atoms with Crippen LogP contribution in [-0.4, -0.2) is 24.5 Å². The van der Waals surface area contributed by atoms with Gasteiger partial charge in [-0.05, 0) is 33.9 Å². The Morgan fingerprint density at radius 2 is 1.62 bits per heavy atom. The minimum Gasteiger partial charge on any atom is -0.497 e. The average molecular weight is 352 g/mol. The molecule has 4 heteroatoms. The van der Waals surface area contributed by atoms with Crippen molar-refractivity contribution >= 4 is 28.1 Å². The standard InChI is InChI=1S/C22H24O4/c1-13(21(25)20-18(23)11-22(2,3)12-19(20)24)14-5-6-16-10-17(26-4)8-7-15(16)9-14/h5-10,13,20H,11-12H2,1-4H3/t13-/m0/s1. The fourth-order valence-corrected chi connectivity index (χ4v) is 3.76. The number of hydrogen-bond acceptors (Lipinski definition) is 4. The summed E-state index contributed by atoms with van der Waals surface area (Å²) in [5.41, 5.74) is 0.467. The van der Waals surface area contributed by atoms with Gasteiger partial charge in [0.25, 0.3) is 0 Å². The van der Waals surface area contributed by atoms with E-state index in [1.54, 1.807) is 14.0 Å². The van der Waals surface area contributed by atoms with Crippen molar-refractivity contribution in [2.45, 2.75) is 39.5 Å².